The molecule has 0 aliphatic heterocycles. The highest BCUT2D eigenvalue weighted by Crippen LogP contribution is 2.16. The van der Waals surface area contributed by atoms with Crippen molar-refractivity contribution in [1.29, 1.82) is 0 Å². The number of thiocarbonyl (C=S) groups is 1. The minimum atomic E-state index is 0.114. The summed E-state index contributed by atoms with van der Waals surface area (Å²) in [5.41, 5.74) is 3.44. The van der Waals surface area contributed by atoms with Crippen LogP contribution in [0.3, 0.4) is 0 Å². The van der Waals surface area contributed by atoms with Crippen LogP contribution in [0.4, 0.5) is 5.69 Å². The number of rotatable bonds is 4. The first-order valence-electron chi connectivity index (χ1n) is 5.82. The Balaban J connectivity index is 2.73. The summed E-state index contributed by atoms with van der Waals surface area (Å²) in [6.07, 6.45) is 0. The van der Waals surface area contributed by atoms with Crippen molar-refractivity contribution in [1.82, 2.24) is 4.90 Å². The topological polar surface area (TPSA) is 35.5 Å². The van der Waals surface area contributed by atoms with Crippen molar-refractivity contribution in [2.75, 3.05) is 25.0 Å². The lowest BCUT2D eigenvalue weighted by molar-refractivity contribution is 0.254. The number of aryl methyl sites for hydroxylation is 2. The SMILES string of the molecule is CCN(CCO)C(=S)Nc1ccc(C)cc1C. The van der Waals surface area contributed by atoms with Gasteiger partial charge in [-0.25, -0.2) is 0 Å². The van der Waals surface area contributed by atoms with Crippen molar-refractivity contribution >= 4 is 23.0 Å². The first-order valence-corrected chi connectivity index (χ1v) is 6.23. The fourth-order valence-corrected chi connectivity index (χ4v) is 2.00. The van der Waals surface area contributed by atoms with Crippen molar-refractivity contribution < 1.29 is 5.11 Å². The van der Waals surface area contributed by atoms with Crippen LogP contribution in [-0.4, -0.2) is 34.8 Å². The molecular weight excluding hydrogens is 232 g/mol. The Morgan fingerprint density at radius 3 is 2.65 bits per heavy atom. The molecule has 0 aromatic heterocycles. The zero-order chi connectivity index (χ0) is 12.8. The van der Waals surface area contributed by atoms with Gasteiger partial charge in [0.25, 0.3) is 0 Å². The van der Waals surface area contributed by atoms with Crippen LogP contribution in [0.25, 0.3) is 0 Å². The highest BCUT2D eigenvalue weighted by Gasteiger charge is 2.08. The Bertz CT molecular complexity index is 393. The number of anilines is 1. The number of aliphatic hydroxyl groups is 1. The third-order valence-corrected chi connectivity index (χ3v) is 3.02. The predicted molar refractivity (Wildman–Crippen MR) is 76.5 cm³/mol. The molecule has 0 unspecified atom stereocenters. The Labute approximate surface area is 108 Å². The van der Waals surface area contributed by atoms with Gasteiger partial charge in [-0.3, -0.25) is 0 Å². The van der Waals surface area contributed by atoms with Gasteiger partial charge in [-0.1, -0.05) is 17.7 Å². The minimum absolute atomic E-state index is 0.114. The molecule has 0 atom stereocenters. The van der Waals surface area contributed by atoms with Crippen LogP contribution in [0.5, 0.6) is 0 Å². The predicted octanol–water partition coefficient (Wildman–Crippen LogP) is 2.31. The number of nitrogens with one attached hydrogen (secondary N) is 1. The van der Waals surface area contributed by atoms with Gasteiger partial charge in [0.1, 0.15) is 0 Å². The molecule has 3 nitrogen and oxygen atoms in total. The molecule has 0 heterocycles. The molecule has 1 aromatic carbocycles. The Kier molecular flexibility index (Phi) is 5.38. The molecule has 0 fully saturated rings. The van der Waals surface area contributed by atoms with Crippen LogP contribution < -0.4 is 5.32 Å². The summed E-state index contributed by atoms with van der Waals surface area (Å²) in [4.78, 5) is 1.94. The molecule has 0 aliphatic rings. The average Bonchev–Trinajstić information content (AvgIpc) is 2.29. The first kappa shape index (κ1) is 13.9. The Morgan fingerprint density at radius 2 is 2.12 bits per heavy atom. The second-order valence-electron chi connectivity index (χ2n) is 4.05. The molecule has 0 amide bonds. The molecule has 1 aromatic rings. The second-order valence-corrected chi connectivity index (χ2v) is 4.44. The third kappa shape index (κ3) is 3.98. The maximum Gasteiger partial charge on any atom is 0.173 e. The van der Waals surface area contributed by atoms with Crippen LogP contribution in [0.15, 0.2) is 18.2 Å². The molecule has 4 heteroatoms. The van der Waals surface area contributed by atoms with Crippen LogP contribution >= 0.6 is 12.2 Å². The van der Waals surface area contributed by atoms with Gasteiger partial charge < -0.3 is 15.3 Å². The van der Waals surface area contributed by atoms with E-state index < -0.39 is 0 Å². The lowest BCUT2D eigenvalue weighted by atomic mass is 10.1. The van der Waals surface area contributed by atoms with Crippen LogP contribution in [0, 0.1) is 13.8 Å². The van der Waals surface area contributed by atoms with Crippen LogP contribution in [0.2, 0.25) is 0 Å². The molecule has 0 bridgehead atoms. The number of aliphatic hydroxyl groups excluding tert-OH is 1. The van der Waals surface area contributed by atoms with E-state index in [0.717, 1.165) is 12.2 Å². The van der Waals surface area contributed by atoms with Crippen molar-refractivity contribution in [2.45, 2.75) is 20.8 Å². The Morgan fingerprint density at radius 1 is 1.41 bits per heavy atom. The molecule has 0 aliphatic carbocycles. The van der Waals surface area contributed by atoms with Gasteiger partial charge in [0.05, 0.1) is 6.61 Å². The highest BCUT2D eigenvalue weighted by atomic mass is 32.1. The first-order chi connectivity index (χ1) is 8.08. The van der Waals surface area contributed by atoms with Gasteiger partial charge in [-0.15, -0.1) is 0 Å². The smallest absolute Gasteiger partial charge is 0.173 e. The molecule has 1 rings (SSSR count). The summed E-state index contributed by atoms with van der Waals surface area (Å²) in [6.45, 7) is 7.61. The largest absolute Gasteiger partial charge is 0.395 e. The minimum Gasteiger partial charge on any atom is -0.395 e. The molecule has 2 N–H and O–H groups in total. The monoisotopic (exact) mass is 252 g/mol. The Hall–Kier alpha value is -1.13. The maximum atomic E-state index is 8.94. The number of hydrogen-bond donors (Lipinski definition) is 2. The van der Waals surface area contributed by atoms with Gasteiger partial charge in [0, 0.05) is 18.8 Å². The van der Waals surface area contributed by atoms with E-state index in [0.29, 0.717) is 11.7 Å². The number of hydrogen-bond acceptors (Lipinski definition) is 2. The molecular formula is C13H20N2OS. The van der Waals surface area contributed by atoms with E-state index in [2.05, 4.69) is 31.3 Å². The summed E-state index contributed by atoms with van der Waals surface area (Å²) in [6, 6.07) is 6.21. The fourth-order valence-electron chi connectivity index (χ4n) is 1.67. The van der Waals surface area contributed by atoms with Gasteiger partial charge in [0.15, 0.2) is 5.11 Å². The molecule has 17 heavy (non-hydrogen) atoms. The van der Waals surface area contributed by atoms with Gasteiger partial charge in [-0.2, -0.15) is 0 Å². The third-order valence-electron chi connectivity index (χ3n) is 2.66. The normalized spacial score (nSPS) is 10.1. The molecule has 0 saturated carbocycles. The van der Waals surface area contributed by atoms with Crippen LogP contribution in [0.1, 0.15) is 18.1 Å². The van der Waals surface area contributed by atoms with E-state index in [4.69, 9.17) is 17.3 Å². The van der Waals surface area contributed by atoms with E-state index in [1.165, 1.54) is 11.1 Å². The van der Waals surface area contributed by atoms with E-state index >= 15 is 0 Å². The van der Waals surface area contributed by atoms with E-state index in [-0.39, 0.29) is 6.61 Å². The van der Waals surface area contributed by atoms with Crippen molar-refractivity contribution in [3.8, 4) is 0 Å². The maximum absolute atomic E-state index is 8.94. The molecule has 0 saturated heterocycles. The van der Waals surface area contributed by atoms with Crippen molar-refractivity contribution in [3.05, 3.63) is 29.3 Å². The number of nitrogens with zero attached hydrogens (tertiary/aromatic N) is 1. The number of benzene rings is 1. The van der Waals surface area contributed by atoms with Crippen molar-refractivity contribution in [3.63, 3.8) is 0 Å². The zero-order valence-corrected chi connectivity index (χ0v) is 11.5. The van der Waals surface area contributed by atoms with Gasteiger partial charge in [-0.05, 0) is 44.6 Å². The summed E-state index contributed by atoms with van der Waals surface area (Å²) in [7, 11) is 0. The zero-order valence-electron chi connectivity index (χ0n) is 10.7. The average molecular weight is 252 g/mol. The van der Waals surface area contributed by atoms with Crippen molar-refractivity contribution in [2.24, 2.45) is 0 Å². The lowest BCUT2D eigenvalue weighted by Crippen LogP contribution is -2.36. The molecule has 0 radical (unpaired) electrons. The summed E-state index contributed by atoms with van der Waals surface area (Å²) < 4.78 is 0. The number of likely N-dealkylation sites (N-methyl/N-ethyl adjacent to an activating group) is 1. The lowest BCUT2D eigenvalue weighted by Gasteiger charge is -2.24. The van der Waals surface area contributed by atoms with Crippen LogP contribution in [-0.2, 0) is 0 Å². The van der Waals surface area contributed by atoms with Gasteiger partial charge in [0.2, 0.25) is 0 Å². The summed E-state index contributed by atoms with van der Waals surface area (Å²) in [5.74, 6) is 0. The molecule has 94 valence electrons. The van der Waals surface area contributed by atoms with E-state index in [1.807, 2.05) is 17.9 Å². The van der Waals surface area contributed by atoms with E-state index in [1.54, 1.807) is 0 Å². The highest BCUT2D eigenvalue weighted by molar-refractivity contribution is 7.80. The standard InChI is InChI=1S/C13H20N2OS/c1-4-15(7-8-16)13(17)14-12-6-5-10(2)9-11(12)3/h5-6,9,16H,4,7-8H2,1-3H3,(H,14,17). The quantitative estimate of drug-likeness (QED) is 0.806. The molecule has 0 spiro atoms. The van der Waals surface area contributed by atoms with E-state index in [9.17, 15) is 0 Å². The summed E-state index contributed by atoms with van der Waals surface area (Å²) in [5, 5.41) is 12.8. The fraction of sp³-hybridized carbons (Fsp3) is 0.462. The summed E-state index contributed by atoms with van der Waals surface area (Å²) >= 11 is 5.32. The second kappa shape index (κ2) is 6.57. The van der Waals surface area contributed by atoms with Gasteiger partial charge >= 0.3 is 0 Å².